The van der Waals surface area contributed by atoms with Crippen LogP contribution in [-0.4, -0.2) is 50.4 Å². The van der Waals surface area contributed by atoms with Crippen LogP contribution in [0.2, 0.25) is 0 Å². The summed E-state index contributed by atoms with van der Waals surface area (Å²) in [7, 11) is 0. The molecule has 1 aliphatic carbocycles. The Labute approximate surface area is 214 Å². The molecule has 1 aromatic carbocycles. The maximum absolute atomic E-state index is 15.4. The highest BCUT2D eigenvalue weighted by Gasteiger charge is 2.66. The number of hydrogen-bond donors (Lipinski definition) is 2. The molecule has 1 amide bonds. The lowest BCUT2D eigenvalue weighted by Crippen LogP contribution is -2.50. The van der Waals surface area contributed by atoms with Crippen molar-refractivity contribution >= 4 is 28.9 Å². The molecule has 3 aromatic rings. The van der Waals surface area contributed by atoms with Gasteiger partial charge < -0.3 is 20.1 Å². The second kappa shape index (κ2) is 8.47. The summed E-state index contributed by atoms with van der Waals surface area (Å²) in [6, 6.07) is 3.09. The van der Waals surface area contributed by atoms with Gasteiger partial charge in [0, 0.05) is 24.7 Å². The number of carbonyl (C=O) groups excluding carboxylic acids is 1. The van der Waals surface area contributed by atoms with E-state index in [9.17, 15) is 28.3 Å². The van der Waals surface area contributed by atoms with Crippen LogP contribution in [-0.2, 0) is 4.74 Å². The normalized spacial score (nSPS) is 22.3. The molecule has 2 aliphatic rings. The highest BCUT2D eigenvalue weighted by Crippen LogP contribution is 2.54. The van der Waals surface area contributed by atoms with Gasteiger partial charge in [-0.05, 0) is 52.3 Å². The van der Waals surface area contributed by atoms with E-state index < -0.39 is 57.7 Å². The number of hydrogen-bond acceptors (Lipinski definition) is 6. The van der Waals surface area contributed by atoms with Crippen molar-refractivity contribution in [1.82, 2.24) is 14.9 Å². The predicted octanol–water partition coefficient (Wildman–Crippen LogP) is 3.99. The molecule has 38 heavy (non-hydrogen) atoms. The Morgan fingerprint density at radius 1 is 1.18 bits per heavy atom. The number of alkyl carbamates (subject to hydrolysis) is 1. The van der Waals surface area contributed by atoms with Gasteiger partial charge in [0.15, 0.2) is 17.3 Å². The molecule has 0 spiro atoms. The zero-order chi connectivity index (χ0) is 27.7. The summed E-state index contributed by atoms with van der Waals surface area (Å²) in [6.07, 6.45) is 0.948. The van der Waals surface area contributed by atoms with Gasteiger partial charge in [-0.2, -0.15) is 0 Å². The van der Waals surface area contributed by atoms with E-state index in [1.54, 1.807) is 32.6 Å². The van der Waals surface area contributed by atoms with Crippen molar-refractivity contribution < 1.29 is 32.6 Å². The van der Waals surface area contributed by atoms with Crippen LogP contribution in [0.3, 0.4) is 0 Å². The monoisotopic (exact) mass is 530 g/mol. The average molecular weight is 531 g/mol. The number of nitrogens with one attached hydrogen (secondary N) is 1. The molecule has 5 rings (SSSR count). The smallest absolute Gasteiger partial charge is 0.408 e. The van der Waals surface area contributed by atoms with E-state index >= 15 is 4.39 Å². The Hall–Kier alpha value is -4.09. The first kappa shape index (κ1) is 25.6. The second-order valence-electron chi connectivity index (χ2n) is 10.7. The fourth-order valence-electron chi connectivity index (χ4n) is 5.21. The fraction of sp³-hybridized carbons (Fsp3) is 0.385. The van der Waals surface area contributed by atoms with Gasteiger partial charge in [0.25, 0.3) is 0 Å². The van der Waals surface area contributed by atoms with Crippen molar-refractivity contribution in [2.24, 2.45) is 5.92 Å². The number of piperidine rings is 1. The average Bonchev–Trinajstić information content (AvgIpc) is 3.42. The van der Waals surface area contributed by atoms with E-state index in [1.165, 1.54) is 0 Å². The maximum Gasteiger partial charge on any atom is 0.408 e. The number of amides is 1. The molecule has 3 atom stereocenters. The van der Waals surface area contributed by atoms with Gasteiger partial charge in [-0.15, -0.1) is 0 Å². The number of pyridine rings is 2. The second-order valence-corrected chi connectivity index (χ2v) is 10.7. The Morgan fingerprint density at radius 3 is 2.53 bits per heavy atom. The van der Waals surface area contributed by atoms with Crippen LogP contribution in [0.25, 0.3) is 16.7 Å². The summed E-state index contributed by atoms with van der Waals surface area (Å²) in [6.45, 7) is 7.37. The lowest BCUT2D eigenvalue weighted by molar-refractivity contribution is 0.0489. The van der Waals surface area contributed by atoms with Crippen molar-refractivity contribution in [2.75, 3.05) is 11.4 Å². The van der Waals surface area contributed by atoms with E-state index in [1.807, 2.05) is 0 Å². The third-order valence-corrected chi connectivity index (χ3v) is 7.10. The lowest BCUT2D eigenvalue weighted by atomic mass is 10.1. The molecule has 3 heterocycles. The minimum atomic E-state index is -1.60. The van der Waals surface area contributed by atoms with Crippen LogP contribution in [0.1, 0.15) is 44.5 Å². The number of benzene rings is 1. The van der Waals surface area contributed by atoms with Crippen molar-refractivity contribution in [3.05, 3.63) is 63.7 Å². The number of carboxylic acid groups (broad SMARTS) is 1. The van der Waals surface area contributed by atoms with Gasteiger partial charge in [0.2, 0.25) is 5.43 Å². The number of rotatable bonds is 4. The van der Waals surface area contributed by atoms with Crippen molar-refractivity contribution in [1.29, 1.82) is 0 Å². The summed E-state index contributed by atoms with van der Waals surface area (Å²) in [5, 5.41) is 12.0. The Balaban J connectivity index is 1.61. The van der Waals surface area contributed by atoms with Crippen LogP contribution >= 0.6 is 0 Å². The Kier molecular flexibility index (Phi) is 5.69. The minimum absolute atomic E-state index is 0.00645. The standard InChI is InChI=1S/C26H25F3N4O5/c1-12-26(31-24(37)38-25(2,3)4)9-13(26)10-32(12)22-18(29)8-15-20(34)16(23(35)36)11-33(21(15)30-22)19-6-5-14(27)7-17(19)28/h5-8,11-13H,9-10H2,1-4H3,(H,31,37)(H,35,36)/t12-,13+,26+/m1/s1. The molecule has 2 fully saturated rings. The zero-order valence-electron chi connectivity index (χ0n) is 21.0. The van der Waals surface area contributed by atoms with Crippen molar-refractivity contribution in [3.63, 3.8) is 0 Å². The summed E-state index contributed by atoms with van der Waals surface area (Å²) in [5.74, 6) is -4.53. The summed E-state index contributed by atoms with van der Waals surface area (Å²) in [5.41, 5.74) is -3.57. The molecule has 1 saturated heterocycles. The van der Waals surface area contributed by atoms with Gasteiger partial charge in [0.1, 0.15) is 22.8 Å². The van der Waals surface area contributed by atoms with E-state index in [-0.39, 0.29) is 28.5 Å². The first-order chi connectivity index (χ1) is 17.7. The zero-order valence-corrected chi connectivity index (χ0v) is 21.0. The summed E-state index contributed by atoms with van der Waals surface area (Å²) >= 11 is 0. The Bertz CT molecular complexity index is 1570. The van der Waals surface area contributed by atoms with Crippen LogP contribution in [0.15, 0.2) is 35.3 Å². The van der Waals surface area contributed by atoms with Crippen LogP contribution in [0.4, 0.5) is 23.8 Å². The highest BCUT2D eigenvalue weighted by molar-refractivity contribution is 5.92. The van der Waals surface area contributed by atoms with Crippen LogP contribution in [0, 0.1) is 23.4 Å². The molecule has 1 aliphatic heterocycles. The molecule has 2 N–H and O–H groups in total. The first-order valence-electron chi connectivity index (χ1n) is 11.9. The number of aromatic carboxylic acids is 1. The van der Waals surface area contributed by atoms with E-state index in [0.717, 1.165) is 29.0 Å². The number of carboxylic acids is 1. The minimum Gasteiger partial charge on any atom is -0.477 e. The van der Waals surface area contributed by atoms with Gasteiger partial charge in [-0.3, -0.25) is 9.36 Å². The summed E-state index contributed by atoms with van der Waals surface area (Å²) in [4.78, 5) is 43.0. The Morgan fingerprint density at radius 2 is 1.89 bits per heavy atom. The third-order valence-electron chi connectivity index (χ3n) is 7.10. The van der Waals surface area contributed by atoms with Gasteiger partial charge >= 0.3 is 12.1 Å². The molecule has 12 heteroatoms. The van der Waals surface area contributed by atoms with Gasteiger partial charge in [-0.25, -0.2) is 27.7 Å². The van der Waals surface area contributed by atoms with Crippen LogP contribution < -0.4 is 15.6 Å². The predicted molar refractivity (Wildman–Crippen MR) is 131 cm³/mol. The van der Waals surface area contributed by atoms with E-state index in [0.29, 0.717) is 19.0 Å². The SMILES string of the molecule is C[C@H]1N(c2nc3c(cc2F)c(=O)c(C(=O)O)cn3-c2ccc(F)cc2F)C[C@@H]2C[C@@]21NC(=O)OC(C)(C)C. The number of halogens is 3. The number of nitrogens with zero attached hydrogens (tertiary/aromatic N) is 3. The highest BCUT2D eigenvalue weighted by atomic mass is 19.1. The maximum atomic E-state index is 15.4. The van der Waals surface area contributed by atoms with E-state index in [4.69, 9.17) is 4.74 Å². The molecule has 200 valence electrons. The number of anilines is 1. The molecule has 0 radical (unpaired) electrons. The van der Waals surface area contributed by atoms with E-state index in [2.05, 4.69) is 10.3 Å². The fourth-order valence-corrected chi connectivity index (χ4v) is 5.21. The molecule has 0 bridgehead atoms. The number of aromatic nitrogens is 2. The molecular weight excluding hydrogens is 505 g/mol. The number of fused-ring (bicyclic) bond motifs is 2. The largest absolute Gasteiger partial charge is 0.477 e. The summed E-state index contributed by atoms with van der Waals surface area (Å²) < 4.78 is 50.1. The molecule has 0 unspecified atom stereocenters. The molecule has 1 saturated carbocycles. The topological polar surface area (TPSA) is 114 Å². The molecular formula is C26H25F3N4O5. The first-order valence-corrected chi connectivity index (χ1v) is 11.9. The third kappa shape index (κ3) is 4.13. The van der Waals surface area contributed by atoms with Gasteiger partial charge in [0.05, 0.1) is 22.7 Å². The quantitative estimate of drug-likeness (QED) is 0.524. The van der Waals surface area contributed by atoms with Gasteiger partial charge in [-0.1, -0.05) is 0 Å². The number of carbonyl (C=O) groups is 2. The van der Waals surface area contributed by atoms with Crippen LogP contribution in [0.5, 0.6) is 0 Å². The lowest BCUT2D eigenvalue weighted by Gasteiger charge is -2.31. The van der Waals surface area contributed by atoms with Crippen molar-refractivity contribution in [2.45, 2.75) is 51.3 Å². The number of ether oxygens (including phenoxy) is 1. The molecule has 9 nitrogen and oxygen atoms in total. The molecule has 2 aromatic heterocycles. The van der Waals surface area contributed by atoms with Crippen molar-refractivity contribution in [3.8, 4) is 5.69 Å².